The summed E-state index contributed by atoms with van der Waals surface area (Å²) in [5.74, 6) is 6.76. The van der Waals surface area contributed by atoms with Crippen LogP contribution in [0.1, 0.15) is 132 Å². The Hall–Kier alpha value is -0.830. The molecule has 0 spiro atoms. The number of piperidine rings is 1. The van der Waals surface area contributed by atoms with Crippen molar-refractivity contribution in [1.29, 1.82) is 0 Å². The third kappa shape index (κ3) is 6.26. The summed E-state index contributed by atoms with van der Waals surface area (Å²) in [6.07, 6.45) is 19.1. The van der Waals surface area contributed by atoms with Crippen LogP contribution in [-0.4, -0.2) is 36.6 Å². The second kappa shape index (κ2) is 12.4. The van der Waals surface area contributed by atoms with Crippen molar-refractivity contribution in [3.63, 3.8) is 0 Å². The summed E-state index contributed by atoms with van der Waals surface area (Å²) in [5.41, 5.74) is 2.52. The average molecular weight is 554 g/mol. The van der Waals surface area contributed by atoms with Crippen LogP contribution < -0.4 is 0 Å². The van der Waals surface area contributed by atoms with E-state index in [1.807, 2.05) is 0 Å². The largest absolute Gasteiger partial charge is 0.462 e. The molecular weight excluding hydrogens is 490 g/mol. The highest BCUT2D eigenvalue weighted by Gasteiger charge is 2.59. The fourth-order valence-electron chi connectivity index (χ4n) is 11.2. The van der Waals surface area contributed by atoms with E-state index in [0.717, 1.165) is 79.8 Å². The van der Waals surface area contributed by atoms with Crippen molar-refractivity contribution in [2.45, 2.75) is 138 Å². The minimum Gasteiger partial charge on any atom is -0.462 e. The fraction of sp³-hybridized carbons (Fsp3) is 0.919. The summed E-state index contributed by atoms with van der Waals surface area (Å²) < 4.78 is 6.13. The first-order chi connectivity index (χ1) is 19.0. The first-order valence-corrected chi connectivity index (χ1v) is 17.6. The molecule has 3 nitrogen and oxygen atoms in total. The highest BCUT2D eigenvalue weighted by molar-refractivity contribution is 5.69. The first kappa shape index (κ1) is 30.6. The van der Waals surface area contributed by atoms with Gasteiger partial charge in [-0.25, -0.2) is 0 Å². The van der Waals surface area contributed by atoms with E-state index in [4.69, 9.17) is 4.74 Å². The molecule has 1 aliphatic heterocycles. The number of rotatable bonds is 9. The van der Waals surface area contributed by atoms with Crippen LogP contribution in [0.4, 0.5) is 0 Å². The van der Waals surface area contributed by atoms with Gasteiger partial charge in [0.1, 0.15) is 6.10 Å². The molecule has 0 radical (unpaired) electrons. The lowest BCUT2D eigenvalue weighted by Crippen LogP contribution is -2.51. The number of fused-ring (bicyclic) bond motifs is 5. The predicted octanol–water partition coefficient (Wildman–Crippen LogP) is 9.31. The molecular formula is C37H63NO2. The third-order valence-electron chi connectivity index (χ3n) is 13.1. The Labute approximate surface area is 247 Å². The van der Waals surface area contributed by atoms with Gasteiger partial charge in [0.15, 0.2) is 0 Å². The Morgan fingerprint density at radius 2 is 1.75 bits per heavy atom. The van der Waals surface area contributed by atoms with E-state index >= 15 is 0 Å². The van der Waals surface area contributed by atoms with Crippen LogP contribution >= 0.6 is 0 Å². The average Bonchev–Trinajstić information content (AvgIpc) is 3.24. The van der Waals surface area contributed by atoms with E-state index < -0.39 is 0 Å². The van der Waals surface area contributed by atoms with E-state index in [9.17, 15) is 4.79 Å². The predicted molar refractivity (Wildman–Crippen MR) is 167 cm³/mol. The maximum absolute atomic E-state index is 12.9. The summed E-state index contributed by atoms with van der Waals surface area (Å²) in [7, 11) is 0. The van der Waals surface area contributed by atoms with Gasteiger partial charge in [0.2, 0.25) is 0 Å². The molecule has 0 aromatic carbocycles. The maximum atomic E-state index is 12.9. The lowest BCUT2D eigenvalue weighted by molar-refractivity contribution is -0.152. The van der Waals surface area contributed by atoms with E-state index in [-0.39, 0.29) is 12.1 Å². The molecule has 10 atom stereocenters. The van der Waals surface area contributed by atoms with Gasteiger partial charge in [0.25, 0.3) is 0 Å². The molecule has 1 saturated heterocycles. The highest BCUT2D eigenvalue weighted by atomic mass is 16.5. The Morgan fingerprint density at radius 3 is 2.48 bits per heavy atom. The molecule has 3 saturated carbocycles. The van der Waals surface area contributed by atoms with Gasteiger partial charge in [0, 0.05) is 26.1 Å². The van der Waals surface area contributed by atoms with Crippen LogP contribution in [0.15, 0.2) is 11.6 Å². The standard InChI is InChI=1S/C37H63NO2/c1-25(2)9-8-10-28(5)32-13-14-33-31-12-11-29-22-30(15-18-36(29,6)34(31)16-19-37(32,33)7)40-35(39)17-20-38-23-26(3)21-27(4)24-38/h11,25-28,30-34H,8-10,12-24H2,1-7H3/t26-,27-,28+,30-,31-,32+,33+,34+,36-,37+/m0/s1. The minimum absolute atomic E-state index is 0.0294. The number of hydrogen-bond donors (Lipinski definition) is 0. The molecule has 0 amide bonds. The zero-order valence-electron chi connectivity index (χ0n) is 27.4. The summed E-state index contributed by atoms with van der Waals surface area (Å²) in [6, 6.07) is 0. The van der Waals surface area contributed by atoms with Gasteiger partial charge in [-0.3, -0.25) is 4.79 Å². The molecule has 40 heavy (non-hydrogen) atoms. The van der Waals surface area contributed by atoms with Crippen LogP contribution in [0.25, 0.3) is 0 Å². The minimum atomic E-state index is 0.0294. The molecule has 0 aromatic heterocycles. The number of ether oxygens (including phenoxy) is 1. The van der Waals surface area contributed by atoms with Gasteiger partial charge in [-0.05, 0) is 110 Å². The van der Waals surface area contributed by atoms with Crippen molar-refractivity contribution in [2.75, 3.05) is 19.6 Å². The number of hydrogen-bond acceptors (Lipinski definition) is 3. The Morgan fingerprint density at radius 1 is 1.00 bits per heavy atom. The van der Waals surface area contributed by atoms with E-state index in [1.165, 1.54) is 64.2 Å². The van der Waals surface area contributed by atoms with E-state index in [0.29, 0.717) is 17.3 Å². The van der Waals surface area contributed by atoms with Crippen LogP contribution in [0, 0.1) is 58.2 Å². The first-order valence-electron chi connectivity index (χ1n) is 17.6. The number of carbonyl (C=O) groups excluding carboxylic acids is 1. The van der Waals surface area contributed by atoms with Gasteiger partial charge in [-0.15, -0.1) is 0 Å². The number of nitrogens with zero attached hydrogens (tertiary/aromatic N) is 1. The summed E-state index contributed by atoms with van der Waals surface area (Å²) in [6.45, 7) is 20.4. The maximum Gasteiger partial charge on any atom is 0.307 e. The normalized spacial score (nSPS) is 42.5. The van der Waals surface area contributed by atoms with Crippen molar-refractivity contribution in [2.24, 2.45) is 58.2 Å². The van der Waals surface area contributed by atoms with Gasteiger partial charge in [-0.2, -0.15) is 0 Å². The van der Waals surface area contributed by atoms with Gasteiger partial charge in [-0.1, -0.05) is 79.4 Å². The monoisotopic (exact) mass is 553 g/mol. The van der Waals surface area contributed by atoms with Crippen LogP contribution in [0.3, 0.4) is 0 Å². The van der Waals surface area contributed by atoms with Crippen molar-refractivity contribution < 1.29 is 9.53 Å². The molecule has 0 bridgehead atoms. The number of carbonyl (C=O) groups is 1. The third-order valence-corrected chi connectivity index (χ3v) is 13.1. The molecule has 228 valence electrons. The number of allylic oxidation sites excluding steroid dienone is 1. The Balaban J connectivity index is 1.16. The Bertz CT molecular complexity index is 900. The zero-order chi connectivity index (χ0) is 28.7. The smallest absolute Gasteiger partial charge is 0.307 e. The topological polar surface area (TPSA) is 29.5 Å². The second-order valence-electron chi connectivity index (χ2n) is 16.6. The summed E-state index contributed by atoms with van der Waals surface area (Å²) in [4.78, 5) is 15.3. The lowest BCUT2D eigenvalue weighted by Gasteiger charge is -2.58. The van der Waals surface area contributed by atoms with Gasteiger partial charge in [0.05, 0.1) is 6.42 Å². The number of likely N-dealkylation sites (tertiary alicyclic amines) is 1. The molecule has 0 unspecified atom stereocenters. The summed E-state index contributed by atoms with van der Waals surface area (Å²) in [5, 5.41) is 0. The fourth-order valence-corrected chi connectivity index (χ4v) is 11.2. The number of esters is 1. The van der Waals surface area contributed by atoms with E-state index in [2.05, 4.69) is 59.4 Å². The van der Waals surface area contributed by atoms with Crippen molar-refractivity contribution in [3.8, 4) is 0 Å². The lowest BCUT2D eigenvalue weighted by atomic mass is 9.47. The molecule has 0 N–H and O–H groups in total. The second-order valence-corrected chi connectivity index (χ2v) is 16.6. The molecule has 5 rings (SSSR count). The molecule has 1 heterocycles. The van der Waals surface area contributed by atoms with Crippen molar-refractivity contribution in [3.05, 3.63) is 11.6 Å². The van der Waals surface area contributed by atoms with Crippen molar-refractivity contribution >= 4 is 5.97 Å². The van der Waals surface area contributed by atoms with Crippen LogP contribution in [-0.2, 0) is 9.53 Å². The molecule has 4 fully saturated rings. The molecule has 4 aliphatic carbocycles. The highest BCUT2D eigenvalue weighted by Crippen LogP contribution is 2.67. The van der Waals surface area contributed by atoms with Crippen LogP contribution in [0.5, 0.6) is 0 Å². The Kier molecular flexibility index (Phi) is 9.51. The molecule has 3 heteroatoms. The summed E-state index contributed by atoms with van der Waals surface area (Å²) >= 11 is 0. The van der Waals surface area contributed by atoms with E-state index in [1.54, 1.807) is 5.57 Å². The quantitative estimate of drug-likeness (QED) is 0.210. The molecule has 5 aliphatic rings. The van der Waals surface area contributed by atoms with Crippen LogP contribution in [0.2, 0.25) is 0 Å². The van der Waals surface area contributed by atoms with Crippen molar-refractivity contribution in [1.82, 2.24) is 4.90 Å². The SMILES string of the molecule is CC(C)CCC[C@@H](C)[C@H]1CC[C@@H]2[C@@H]3CC=C4C[C@@H](OC(=O)CCN5C[C@@H](C)C[C@H](C)C5)CC[C@]4(C)[C@@H]3CC[C@@]21C. The molecule has 0 aromatic rings. The zero-order valence-corrected chi connectivity index (χ0v) is 27.4. The van der Waals surface area contributed by atoms with Gasteiger partial charge >= 0.3 is 5.97 Å². The van der Waals surface area contributed by atoms with Gasteiger partial charge < -0.3 is 9.64 Å².